The Hall–Kier alpha value is -2.07. The molecule has 0 bridgehead atoms. The Bertz CT molecular complexity index is 900. The third kappa shape index (κ3) is 10.5. The highest BCUT2D eigenvalue weighted by atomic mass is 35.5. The maximum atomic E-state index is 12.1. The zero-order valence-corrected chi connectivity index (χ0v) is 20.1. The van der Waals surface area contributed by atoms with Crippen LogP contribution < -0.4 is 10.4 Å². The van der Waals surface area contributed by atoms with Gasteiger partial charge in [0.05, 0.1) is 0 Å². The molecule has 0 fully saturated rings. The summed E-state index contributed by atoms with van der Waals surface area (Å²) in [6.07, 6.45) is 20.6. The minimum Gasteiger partial charge on any atom is -0.420 e. The molecule has 0 aliphatic heterocycles. The van der Waals surface area contributed by atoms with Crippen LogP contribution in [0, 0.1) is 0 Å². The van der Waals surface area contributed by atoms with E-state index in [1.165, 1.54) is 63.9 Å². The van der Waals surface area contributed by atoms with Crippen LogP contribution >= 0.6 is 11.6 Å². The van der Waals surface area contributed by atoms with Crippen molar-refractivity contribution in [2.45, 2.75) is 96.8 Å². The molecule has 0 spiro atoms. The SMILES string of the molecule is CCCCCCCC/C=C\CCCCCCCC(=O)Oc1cc2cc(Cl)ccc2oc1=O. The molecule has 5 heteroatoms. The average molecular weight is 461 g/mol. The number of ether oxygens (including phenoxy) is 1. The molecule has 0 N–H and O–H groups in total. The van der Waals surface area contributed by atoms with E-state index in [0.29, 0.717) is 22.4 Å². The number of fused-ring (bicyclic) bond motifs is 1. The molecule has 4 nitrogen and oxygen atoms in total. The molecule has 176 valence electrons. The van der Waals surface area contributed by atoms with Gasteiger partial charge in [0.2, 0.25) is 5.75 Å². The Morgan fingerprint density at radius 3 is 2.22 bits per heavy atom. The summed E-state index contributed by atoms with van der Waals surface area (Å²) in [6, 6.07) is 6.44. The van der Waals surface area contributed by atoms with E-state index in [4.69, 9.17) is 20.8 Å². The summed E-state index contributed by atoms with van der Waals surface area (Å²) in [6.45, 7) is 2.25. The minimum atomic E-state index is -0.655. The first kappa shape index (κ1) is 26.2. The van der Waals surface area contributed by atoms with Gasteiger partial charge in [0, 0.05) is 16.8 Å². The van der Waals surface area contributed by atoms with Crippen LogP contribution in [0.4, 0.5) is 0 Å². The van der Waals surface area contributed by atoms with E-state index in [0.717, 1.165) is 25.7 Å². The van der Waals surface area contributed by atoms with E-state index in [1.807, 2.05) is 0 Å². The van der Waals surface area contributed by atoms with Crippen molar-refractivity contribution in [3.05, 3.63) is 51.9 Å². The average Bonchev–Trinajstić information content (AvgIpc) is 2.77. The molecular formula is C27H37ClO4. The Kier molecular flexibility index (Phi) is 12.8. The molecular weight excluding hydrogens is 424 g/mol. The smallest absolute Gasteiger partial charge is 0.379 e. The topological polar surface area (TPSA) is 56.5 Å². The van der Waals surface area contributed by atoms with Crippen molar-refractivity contribution in [3.63, 3.8) is 0 Å². The third-order valence-electron chi connectivity index (χ3n) is 5.53. The van der Waals surface area contributed by atoms with E-state index >= 15 is 0 Å². The summed E-state index contributed by atoms with van der Waals surface area (Å²) >= 11 is 5.96. The summed E-state index contributed by atoms with van der Waals surface area (Å²) in [5.74, 6) is -0.492. The fourth-order valence-corrected chi connectivity index (χ4v) is 3.84. The van der Waals surface area contributed by atoms with Gasteiger partial charge in [0.15, 0.2) is 0 Å². The molecule has 1 heterocycles. The quantitative estimate of drug-likeness (QED) is 0.109. The lowest BCUT2D eigenvalue weighted by Gasteiger charge is -2.05. The van der Waals surface area contributed by atoms with Gasteiger partial charge in [-0.3, -0.25) is 4.79 Å². The lowest BCUT2D eigenvalue weighted by molar-refractivity contribution is -0.134. The molecule has 2 rings (SSSR count). The number of esters is 1. The standard InChI is InChI=1S/C27H37ClO4/c1-2-3-4-5-6-7-8-9-10-11-12-13-14-15-16-17-26(29)31-25-21-22-20-23(28)18-19-24(22)32-27(25)30/h9-10,18-21H,2-8,11-17H2,1H3/b10-9-. The van der Waals surface area contributed by atoms with Crippen molar-refractivity contribution >= 4 is 28.5 Å². The van der Waals surface area contributed by atoms with Crippen LogP contribution in [-0.2, 0) is 4.79 Å². The lowest BCUT2D eigenvalue weighted by Crippen LogP contribution is -2.13. The highest BCUT2D eigenvalue weighted by molar-refractivity contribution is 6.31. The second-order valence-corrected chi connectivity index (χ2v) is 8.83. The van der Waals surface area contributed by atoms with Gasteiger partial charge in [-0.25, -0.2) is 4.79 Å². The van der Waals surface area contributed by atoms with Crippen LogP contribution in [-0.4, -0.2) is 5.97 Å². The predicted molar refractivity (Wildman–Crippen MR) is 133 cm³/mol. The molecule has 1 aromatic carbocycles. The van der Waals surface area contributed by atoms with Gasteiger partial charge >= 0.3 is 11.6 Å². The van der Waals surface area contributed by atoms with Crippen LogP contribution in [0.2, 0.25) is 5.02 Å². The van der Waals surface area contributed by atoms with Crippen molar-refractivity contribution in [2.24, 2.45) is 0 Å². The van der Waals surface area contributed by atoms with Gasteiger partial charge in [-0.2, -0.15) is 0 Å². The summed E-state index contributed by atoms with van der Waals surface area (Å²) < 4.78 is 10.4. The molecule has 32 heavy (non-hydrogen) atoms. The molecule has 0 saturated carbocycles. The van der Waals surface area contributed by atoms with E-state index in [2.05, 4.69) is 19.1 Å². The number of unbranched alkanes of at least 4 members (excludes halogenated alkanes) is 11. The van der Waals surface area contributed by atoms with E-state index in [-0.39, 0.29) is 5.75 Å². The first-order chi connectivity index (χ1) is 15.6. The van der Waals surface area contributed by atoms with E-state index < -0.39 is 11.6 Å². The van der Waals surface area contributed by atoms with Crippen LogP contribution in [0.3, 0.4) is 0 Å². The van der Waals surface area contributed by atoms with Gasteiger partial charge in [-0.15, -0.1) is 0 Å². The Labute approximate surface area is 197 Å². The zero-order chi connectivity index (χ0) is 23.0. The Morgan fingerprint density at radius 2 is 1.53 bits per heavy atom. The highest BCUT2D eigenvalue weighted by Crippen LogP contribution is 2.21. The summed E-state index contributed by atoms with van der Waals surface area (Å²) in [5, 5.41) is 1.15. The Morgan fingerprint density at radius 1 is 0.906 bits per heavy atom. The number of rotatable bonds is 16. The largest absolute Gasteiger partial charge is 0.420 e. The zero-order valence-electron chi connectivity index (χ0n) is 19.4. The predicted octanol–water partition coefficient (Wildman–Crippen LogP) is 8.39. The highest BCUT2D eigenvalue weighted by Gasteiger charge is 2.11. The first-order valence-electron chi connectivity index (χ1n) is 12.2. The van der Waals surface area contributed by atoms with Crippen molar-refractivity contribution in [3.8, 4) is 5.75 Å². The number of halogens is 1. The van der Waals surface area contributed by atoms with Crippen LogP contribution in [0.1, 0.15) is 96.8 Å². The number of carbonyl (C=O) groups excluding carboxylic acids is 1. The fourth-order valence-electron chi connectivity index (χ4n) is 3.66. The number of allylic oxidation sites excluding steroid dienone is 2. The molecule has 0 amide bonds. The maximum Gasteiger partial charge on any atom is 0.379 e. The molecule has 0 saturated heterocycles. The Balaban J connectivity index is 1.51. The summed E-state index contributed by atoms with van der Waals surface area (Å²) in [4.78, 5) is 24.0. The molecule has 0 radical (unpaired) electrons. The molecule has 0 atom stereocenters. The second kappa shape index (κ2) is 15.7. The van der Waals surface area contributed by atoms with E-state index in [9.17, 15) is 9.59 Å². The fraction of sp³-hybridized carbons (Fsp3) is 0.556. The maximum absolute atomic E-state index is 12.1. The van der Waals surface area contributed by atoms with Crippen molar-refractivity contribution in [2.75, 3.05) is 0 Å². The minimum absolute atomic E-state index is 0.0856. The van der Waals surface area contributed by atoms with Gasteiger partial charge in [0.25, 0.3) is 0 Å². The van der Waals surface area contributed by atoms with Crippen LogP contribution in [0.25, 0.3) is 11.0 Å². The molecule has 2 aromatic rings. The molecule has 0 aliphatic rings. The third-order valence-corrected chi connectivity index (χ3v) is 5.76. The molecule has 0 unspecified atom stereocenters. The summed E-state index contributed by atoms with van der Waals surface area (Å²) in [5.41, 5.74) is -0.242. The lowest BCUT2D eigenvalue weighted by atomic mass is 10.1. The normalized spacial score (nSPS) is 11.4. The van der Waals surface area contributed by atoms with Crippen LogP contribution in [0.15, 0.2) is 45.6 Å². The van der Waals surface area contributed by atoms with Crippen molar-refractivity contribution < 1.29 is 13.9 Å². The van der Waals surface area contributed by atoms with Gasteiger partial charge in [-0.1, -0.05) is 82.0 Å². The van der Waals surface area contributed by atoms with E-state index in [1.54, 1.807) is 18.2 Å². The number of hydrogen-bond acceptors (Lipinski definition) is 4. The van der Waals surface area contributed by atoms with Gasteiger partial charge in [-0.05, 0) is 56.4 Å². The van der Waals surface area contributed by atoms with Crippen LogP contribution in [0.5, 0.6) is 5.75 Å². The van der Waals surface area contributed by atoms with Gasteiger partial charge in [0.1, 0.15) is 5.58 Å². The second-order valence-electron chi connectivity index (χ2n) is 8.39. The number of benzene rings is 1. The monoisotopic (exact) mass is 460 g/mol. The molecule has 1 aromatic heterocycles. The molecule has 0 aliphatic carbocycles. The summed E-state index contributed by atoms with van der Waals surface area (Å²) in [7, 11) is 0. The van der Waals surface area contributed by atoms with Crippen molar-refractivity contribution in [1.29, 1.82) is 0 Å². The van der Waals surface area contributed by atoms with Crippen molar-refractivity contribution in [1.82, 2.24) is 0 Å². The first-order valence-corrected chi connectivity index (χ1v) is 12.6. The number of carbonyl (C=O) groups is 1. The number of hydrogen-bond donors (Lipinski definition) is 0. The van der Waals surface area contributed by atoms with Gasteiger partial charge < -0.3 is 9.15 Å².